The number of fused-ring (bicyclic) bond motifs is 1. The van der Waals surface area contributed by atoms with Gasteiger partial charge in [-0.3, -0.25) is 4.21 Å². The average molecular weight is 356 g/mol. The van der Waals surface area contributed by atoms with E-state index in [4.69, 9.17) is 5.11 Å². The van der Waals surface area contributed by atoms with Gasteiger partial charge in [0.1, 0.15) is 0 Å². The number of aliphatic carboxylic acids is 1. The smallest absolute Gasteiger partial charge is 0.343 e. The van der Waals surface area contributed by atoms with Crippen molar-refractivity contribution in [3.63, 3.8) is 0 Å². The molecule has 25 heavy (non-hydrogen) atoms. The van der Waals surface area contributed by atoms with Crippen molar-refractivity contribution in [1.82, 2.24) is 0 Å². The van der Waals surface area contributed by atoms with E-state index in [1.54, 1.807) is 37.4 Å². The number of hydrogen-bond acceptors (Lipinski definition) is 2. The molecule has 1 aliphatic rings. The van der Waals surface area contributed by atoms with Crippen LogP contribution in [0.15, 0.2) is 59.0 Å². The second kappa shape index (κ2) is 6.76. The Hall–Kier alpha value is -2.53. The Kier molecular flexibility index (Phi) is 4.68. The molecular formula is C20H17FO3S. The molecule has 1 N–H and O–H groups in total. The Bertz CT molecular complexity index is 926. The van der Waals surface area contributed by atoms with E-state index >= 15 is 0 Å². The van der Waals surface area contributed by atoms with Crippen molar-refractivity contribution in [2.75, 3.05) is 6.26 Å². The van der Waals surface area contributed by atoms with Crippen LogP contribution in [0.5, 0.6) is 0 Å². The Balaban J connectivity index is 2.12. The largest absolute Gasteiger partial charge is 0.479 e. The molecule has 2 aromatic carbocycles. The number of hydrogen-bond donors (Lipinski definition) is 1. The summed E-state index contributed by atoms with van der Waals surface area (Å²) in [5.41, 5.74) is 3.96. The van der Waals surface area contributed by atoms with Crippen LogP contribution in [0.3, 0.4) is 0 Å². The first-order valence-electron chi connectivity index (χ1n) is 7.73. The highest BCUT2D eigenvalue weighted by molar-refractivity contribution is 7.84. The van der Waals surface area contributed by atoms with Gasteiger partial charge in [0.2, 0.25) is 6.17 Å². The molecule has 0 bridgehead atoms. The molecule has 2 unspecified atom stereocenters. The van der Waals surface area contributed by atoms with E-state index in [1.165, 1.54) is 0 Å². The molecule has 2 aromatic rings. The Morgan fingerprint density at radius 1 is 1.12 bits per heavy atom. The minimum absolute atomic E-state index is 0.209. The lowest BCUT2D eigenvalue weighted by atomic mass is 10.0. The molecule has 0 radical (unpaired) electrons. The molecule has 0 fully saturated rings. The van der Waals surface area contributed by atoms with E-state index in [2.05, 4.69) is 0 Å². The van der Waals surface area contributed by atoms with Gasteiger partial charge in [-0.1, -0.05) is 36.4 Å². The van der Waals surface area contributed by atoms with Crippen molar-refractivity contribution in [2.45, 2.75) is 18.0 Å². The fourth-order valence-corrected chi connectivity index (χ4v) is 3.58. The molecule has 0 heterocycles. The van der Waals surface area contributed by atoms with Crippen LogP contribution >= 0.6 is 0 Å². The van der Waals surface area contributed by atoms with Crippen molar-refractivity contribution in [1.29, 1.82) is 0 Å². The molecule has 128 valence electrons. The average Bonchev–Trinajstić information content (AvgIpc) is 2.87. The van der Waals surface area contributed by atoms with Crippen molar-refractivity contribution in [2.24, 2.45) is 0 Å². The van der Waals surface area contributed by atoms with Crippen molar-refractivity contribution in [3.8, 4) is 0 Å². The highest BCUT2D eigenvalue weighted by atomic mass is 32.2. The summed E-state index contributed by atoms with van der Waals surface area (Å²) in [7, 11) is -1.05. The monoisotopic (exact) mass is 356 g/mol. The number of halogens is 1. The standard InChI is InChI=1S/C20H17FO3S/c1-12-17(11-13-7-9-14(10-8-13)25(2)24)15-5-3-4-6-16(15)18(12)19(21)20(22)23/h3-11,19H,1-2H3,(H,22,23). The van der Waals surface area contributed by atoms with Crippen LogP contribution in [-0.4, -0.2) is 27.7 Å². The number of rotatable bonds is 4. The van der Waals surface area contributed by atoms with Gasteiger partial charge in [0, 0.05) is 27.5 Å². The third kappa shape index (κ3) is 3.20. The van der Waals surface area contributed by atoms with E-state index in [0.29, 0.717) is 11.1 Å². The summed E-state index contributed by atoms with van der Waals surface area (Å²) in [6, 6.07) is 14.5. The number of allylic oxidation sites excluding steroid dienone is 2. The number of carbonyl (C=O) groups is 1. The third-order valence-electron chi connectivity index (χ3n) is 4.31. The molecule has 3 rings (SSSR count). The van der Waals surface area contributed by atoms with E-state index in [9.17, 15) is 13.4 Å². The lowest BCUT2D eigenvalue weighted by Gasteiger charge is -2.07. The minimum atomic E-state index is -2.06. The fourth-order valence-electron chi connectivity index (χ4n) is 3.06. The van der Waals surface area contributed by atoms with Crippen molar-refractivity contribution < 1.29 is 18.5 Å². The normalized spacial score (nSPS) is 17.5. The molecule has 2 atom stereocenters. The molecule has 0 saturated carbocycles. The first-order chi connectivity index (χ1) is 11.9. The van der Waals surface area contributed by atoms with Crippen molar-refractivity contribution in [3.05, 3.63) is 70.8 Å². The predicted octanol–water partition coefficient (Wildman–Crippen LogP) is 4.17. The molecule has 0 saturated heterocycles. The van der Waals surface area contributed by atoms with Gasteiger partial charge in [-0.15, -0.1) is 0 Å². The second-order valence-electron chi connectivity index (χ2n) is 5.87. The summed E-state index contributed by atoms with van der Waals surface area (Å²) in [6.45, 7) is 1.74. The zero-order chi connectivity index (χ0) is 18.1. The molecular weight excluding hydrogens is 339 g/mol. The Labute approximate surface area is 148 Å². The molecule has 3 nitrogen and oxygen atoms in total. The quantitative estimate of drug-likeness (QED) is 0.894. The lowest BCUT2D eigenvalue weighted by Crippen LogP contribution is -2.16. The second-order valence-corrected chi connectivity index (χ2v) is 7.25. The first-order valence-corrected chi connectivity index (χ1v) is 9.29. The van der Waals surface area contributed by atoms with Crippen LogP contribution < -0.4 is 0 Å². The van der Waals surface area contributed by atoms with Gasteiger partial charge >= 0.3 is 5.97 Å². The zero-order valence-corrected chi connectivity index (χ0v) is 14.6. The van der Waals surface area contributed by atoms with Crippen LogP contribution in [-0.2, 0) is 15.6 Å². The molecule has 0 spiro atoms. The van der Waals surface area contributed by atoms with E-state index < -0.39 is 22.9 Å². The zero-order valence-electron chi connectivity index (χ0n) is 13.8. The summed E-state index contributed by atoms with van der Waals surface area (Å²) in [6.07, 6.45) is 1.46. The predicted molar refractivity (Wildman–Crippen MR) is 98.2 cm³/mol. The highest BCUT2D eigenvalue weighted by Crippen LogP contribution is 2.44. The van der Waals surface area contributed by atoms with Gasteiger partial charge in [-0.05, 0) is 53.0 Å². The van der Waals surface area contributed by atoms with Crippen LogP contribution in [0.2, 0.25) is 0 Å². The summed E-state index contributed by atoms with van der Waals surface area (Å²) in [4.78, 5) is 11.9. The molecule has 1 aliphatic carbocycles. The highest BCUT2D eigenvalue weighted by Gasteiger charge is 2.32. The van der Waals surface area contributed by atoms with Gasteiger partial charge in [0.05, 0.1) is 0 Å². The fraction of sp³-hybridized carbons (Fsp3) is 0.150. The first kappa shape index (κ1) is 17.3. The van der Waals surface area contributed by atoms with Crippen LogP contribution in [0.4, 0.5) is 4.39 Å². The van der Waals surface area contributed by atoms with Gasteiger partial charge in [-0.2, -0.15) is 0 Å². The maximum atomic E-state index is 14.3. The topological polar surface area (TPSA) is 54.4 Å². The molecule has 0 aliphatic heterocycles. The summed E-state index contributed by atoms with van der Waals surface area (Å²) >= 11 is 0. The number of benzene rings is 2. The summed E-state index contributed by atoms with van der Waals surface area (Å²) < 4.78 is 25.8. The molecule has 0 aromatic heterocycles. The number of carboxylic acid groups (broad SMARTS) is 1. The SMILES string of the molecule is CC1=C(C(F)C(=O)O)c2ccccc2C1=Cc1ccc(S(C)=O)cc1. The Morgan fingerprint density at radius 3 is 2.28 bits per heavy atom. The van der Waals surface area contributed by atoms with Gasteiger partial charge in [0.15, 0.2) is 0 Å². The van der Waals surface area contributed by atoms with Gasteiger partial charge < -0.3 is 5.11 Å². The maximum Gasteiger partial charge on any atom is 0.343 e. The van der Waals surface area contributed by atoms with E-state index in [-0.39, 0.29) is 5.57 Å². The van der Waals surface area contributed by atoms with E-state index in [1.807, 2.05) is 30.3 Å². The molecule has 5 heteroatoms. The maximum absolute atomic E-state index is 14.3. The summed E-state index contributed by atoms with van der Waals surface area (Å²) in [5.74, 6) is -1.49. The lowest BCUT2D eigenvalue weighted by molar-refractivity contribution is -0.140. The summed E-state index contributed by atoms with van der Waals surface area (Å²) in [5, 5.41) is 9.09. The minimum Gasteiger partial charge on any atom is -0.479 e. The van der Waals surface area contributed by atoms with Crippen LogP contribution in [0, 0.1) is 0 Å². The number of alkyl halides is 1. The Morgan fingerprint density at radius 2 is 1.72 bits per heavy atom. The van der Waals surface area contributed by atoms with Gasteiger partial charge in [-0.25, -0.2) is 9.18 Å². The number of carboxylic acids is 1. The van der Waals surface area contributed by atoms with Crippen LogP contribution in [0.25, 0.3) is 17.2 Å². The van der Waals surface area contributed by atoms with Gasteiger partial charge in [0.25, 0.3) is 0 Å². The third-order valence-corrected chi connectivity index (χ3v) is 5.24. The van der Waals surface area contributed by atoms with Crippen LogP contribution in [0.1, 0.15) is 23.6 Å². The van der Waals surface area contributed by atoms with E-state index in [0.717, 1.165) is 21.6 Å². The van der Waals surface area contributed by atoms with Crippen molar-refractivity contribution >= 4 is 34.0 Å². The molecule has 0 amide bonds.